The SMILES string of the molecule is CN1CC(C=O)CC1=O.CNCCOCCOCCOCCOCCOCCOCCOCCOCCOCCOCCOCCOCCC(=O)O.c1ccncc1. The van der Waals surface area contributed by atoms with Crippen LogP contribution in [0.2, 0.25) is 0 Å². The highest BCUT2D eigenvalue weighted by Crippen LogP contribution is 2.12. The Morgan fingerprint density at radius 1 is 0.603 bits per heavy atom. The van der Waals surface area contributed by atoms with Crippen molar-refractivity contribution in [1.82, 2.24) is 15.2 Å². The molecule has 1 aromatic rings. The van der Waals surface area contributed by atoms with Gasteiger partial charge < -0.3 is 77.0 Å². The van der Waals surface area contributed by atoms with Gasteiger partial charge >= 0.3 is 5.97 Å². The summed E-state index contributed by atoms with van der Waals surface area (Å²) in [5.74, 6) is -0.851. The van der Waals surface area contributed by atoms with Crippen molar-refractivity contribution in [2.45, 2.75) is 12.8 Å². The lowest BCUT2D eigenvalue weighted by atomic mass is 10.1. The molecule has 1 aliphatic heterocycles. The van der Waals surface area contributed by atoms with Crippen LogP contribution in [-0.2, 0) is 71.2 Å². The lowest BCUT2D eigenvalue weighted by Gasteiger charge is -2.09. The monoisotopic (exact) mass is 837 g/mol. The van der Waals surface area contributed by atoms with Crippen LogP contribution in [0.3, 0.4) is 0 Å². The lowest BCUT2D eigenvalue weighted by Crippen LogP contribution is -2.19. The molecule has 1 atom stereocenters. The molecule has 2 heterocycles. The maximum atomic E-state index is 10.7. The van der Waals surface area contributed by atoms with Crippen molar-refractivity contribution in [3.8, 4) is 0 Å². The molecule has 0 bridgehead atoms. The van der Waals surface area contributed by atoms with E-state index in [1.807, 2.05) is 25.2 Å². The van der Waals surface area contributed by atoms with Crippen LogP contribution in [0.5, 0.6) is 0 Å². The largest absolute Gasteiger partial charge is 0.481 e. The maximum Gasteiger partial charge on any atom is 0.305 e. The van der Waals surface area contributed by atoms with Gasteiger partial charge in [0.1, 0.15) is 6.29 Å². The van der Waals surface area contributed by atoms with Gasteiger partial charge in [-0.15, -0.1) is 0 Å². The molecule has 1 aliphatic rings. The Balaban J connectivity index is 0.00000177. The van der Waals surface area contributed by atoms with Gasteiger partial charge in [0.05, 0.1) is 165 Å². The molecule has 2 rings (SSSR count). The Morgan fingerprint density at radius 2 is 0.914 bits per heavy atom. The summed E-state index contributed by atoms with van der Waals surface area (Å²) in [7, 11) is 3.61. The van der Waals surface area contributed by atoms with Crippen LogP contribution >= 0.6 is 0 Å². The summed E-state index contributed by atoms with van der Waals surface area (Å²) in [6.07, 6.45) is 4.75. The van der Waals surface area contributed by atoms with E-state index in [4.69, 9.17) is 61.9 Å². The summed E-state index contributed by atoms with van der Waals surface area (Å²) >= 11 is 0. The molecular weight excluding hydrogens is 766 g/mol. The molecule has 0 aromatic carbocycles. The van der Waals surface area contributed by atoms with Crippen LogP contribution in [0.4, 0.5) is 0 Å². The molecular formula is C39H71N3O16. The summed E-state index contributed by atoms with van der Waals surface area (Å²) in [6, 6.07) is 5.72. The highest BCUT2D eigenvalue weighted by atomic mass is 16.6. The molecule has 2 N–H and O–H groups in total. The fourth-order valence-electron chi connectivity index (χ4n) is 4.16. The van der Waals surface area contributed by atoms with Crippen molar-refractivity contribution in [2.24, 2.45) is 5.92 Å². The van der Waals surface area contributed by atoms with Crippen LogP contribution in [-0.4, -0.2) is 219 Å². The Morgan fingerprint density at radius 3 is 1.10 bits per heavy atom. The van der Waals surface area contributed by atoms with E-state index in [9.17, 15) is 14.4 Å². The number of carboxylic acid groups (broad SMARTS) is 1. The smallest absolute Gasteiger partial charge is 0.305 e. The van der Waals surface area contributed by atoms with Crippen molar-refractivity contribution in [3.63, 3.8) is 0 Å². The van der Waals surface area contributed by atoms with Gasteiger partial charge in [0.25, 0.3) is 0 Å². The number of hydrogen-bond acceptors (Lipinski definition) is 17. The summed E-state index contributed by atoms with van der Waals surface area (Å²) in [4.78, 5) is 36.5. The van der Waals surface area contributed by atoms with Crippen LogP contribution in [0.25, 0.3) is 0 Å². The van der Waals surface area contributed by atoms with Gasteiger partial charge in [0, 0.05) is 44.9 Å². The second-order valence-electron chi connectivity index (χ2n) is 12.0. The lowest BCUT2D eigenvalue weighted by molar-refractivity contribution is -0.138. The fourth-order valence-corrected chi connectivity index (χ4v) is 4.16. The van der Waals surface area contributed by atoms with Gasteiger partial charge in [0.2, 0.25) is 5.91 Å². The number of likely N-dealkylation sites (N-methyl/N-ethyl adjacent to an activating group) is 1. The molecule has 0 radical (unpaired) electrons. The minimum absolute atomic E-state index is 0.00152. The third kappa shape index (κ3) is 44.3. The summed E-state index contributed by atoms with van der Waals surface area (Å²) in [5.41, 5.74) is 0. The molecule has 0 aliphatic carbocycles. The first-order valence-corrected chi connectivity index (χ1v) is 19.8. The predicted molar refractivity (Wildman–Crippen MR) is 212 cm³/mol. The van der Waals surface area contributed by atoms with Crippen molar-refractivity contribution in [3.05, 3.63) is 30.6 Å². The first-order valence-electron chi connectivity index (χ1n) is 19.8. The van der Waals surface area contributed by atoms with E-state index in [0.29, 0.717) is 165 Å². The number of pyridine rings is 1. The van der Waals surface area contributed by atoms with Crippen LogP contribution in [0.15, 0.2) is 30.6 Å². The van der Waals surface area contributed by atoms with E-state index in [2.05, 4.69) is 10.3 Å². The predicted octanol–water partition coefficient (Wildman–Crippen LogP) is 0.625. The molecule has 1 amide bonds. The van der Waals surface area contributed by atoms with Gasteiger partial charge in [-0.1, -0.05) is 6.07 Å². The van der Waals surface area contributed by atoms with Gasteiger partial charge in [-0.05, 0) is 19.2 Å². The number of aliphatic carboxylic acids is 1. The number of likely N-dealkylation sites (tertiary alicyclic amines) is 1. The number of aromatic nitrogens is 1. The minimum Gasteiger partial charge on any atom is -0.481 e. The zero-order valence-corrected chi connectivity index (χ0v) is 34.8. The van der Waals surface area contributed by atoms with Crippen molar-refractivity contribution in [1.29, 1.82) is 0 Å². The number of hydrogen-bond donors (Lipinski definition) is 2. The average molecular weight is 838 g/mol. The Labute approximate surface area is 344 Å². The molecule has 1 fully saturated rings. The van der Waals surface area contributed by atoms with Crippen molar-refractivity contribution in [2.75, 3.05) is 186 Å². The number of ether oxygens (including phenoxy) is 12. The molecule has 0 spiro atoms. The van der Waals surface area contributed by atoms with Crippen LogP contribution in [0, 0.1) is 5.92 Å². The third-order valence-corrected chi connectivity index (χ3v) is 7.18. The molecule has 1 saturated heterocycles. The summed E-state index contributed by atoms with van der Waals surface area (Å²) in [6.45, 7) is 13.2. The zero-order valence-electron chi connectivity index (χ0n) is 34.8. The Kier molecular flexibility index (Phi) is 44.7. The highest BCUT2D eigenvalue weighted by Gasteiger charge is 2.25. The van der Waals surface area contributed by atoms with Gasteiger partial charge in [-0.25, -0.2) is 0 Å². The number of nitrogens with zero attached hydrogens (tertiary/aromatic N) is 2. The van der Waals surface area contributed by atoms with E-state index in [1.54, 1.807) is 24.3 Å². The Hall–Kier alpha value is -2.76. The second-order valence-corrected chi connectivity index (χ2v) is 12.0. The van der Waals surface area contributed by atoms with Crippen molar-refractivity contribution >= 4 is 18.2 Å². The number of amides is 1. The summed E-state index contributed by atoms with van der Waals surface area (Å²) in [5, 5.41) is 11.5. The first kappa shape index (κ1) is 55.2. The normalized spacial score (nSPS) is 13.5. The number of aldehydes is 1. The highest BCUT2D eigenvalue weighted by molar-refractivity contribution is 5.82. The van der Waals surface area contributed by atoms with Crippen molar-refractivity contribution < 1.29 is 76.3 Å². The quantitative estimate of drug-likeness (QED) is 0.0686. The second kappa shape index (κ2) is 46.9. The van der Waals surface area contributed by atoms with Crippen LogP contribution < -0.4 is 5.32 Å². The first-order chi connectivity index (χ1) is 28.5. The topological polar surface area (TPSA) is 210 Å². The molecule has 19 nitrogen and oxygen atoms in total. The van der Waals surface area contributed by atoms with Gasteiger partial charge in [0.15, 0.2) is 0 Å². The van der Waals surface area contributed by atoms with E-state index in [-0.39, 0.29) is 24.9 Å². The van der Waals surface area contributed by atoms with E-state index < -0.39 is 5.97 Å². The van der Waals surface area contributed by atoms with Gasteiger partial charge in [-0.3, -0.25) is 14.6 Å². The van der Waals surface area contributed by atoms with E-state index in [0.717, 1.165) is 12.8 Å². The zero-order chi connectivity index (χ0) is 42.3. The van der Waals surface area contributed by atoms with E-state index in [1.165, 1.54) is 0 Å². The molecule has 0 saturated carbocycles. The molecule has 19 heteroatoms. The molecule has 338 valence electrons. The van der Waals surface area contributed by atoms with Crippen LogP contribution in [0.1, 0.15) is 12.8 Å². The standard InChI is InChI=1S/C28H57NO14.C6H9NO2.C5H5N/c1-29-3-5-33-7-9-35-11-13-37-15-17-39-19-21-41-23-25-43-27-26-42-24-22-40-20-18-38-16-14-36-12-10-34-8-6-32-4-2-28(30)31;1-7-3-5(4-8)2-6(7)9;1-2-4-6-5-3-1/h29H,2-27H2,1H3,(H,30,31);4-5H,2-3H2,1H3;1-5H. The maximum absolute atomic E-state index is 10.7. The summed E-state index contributed by atoms with van der Waals surface area (Å²) < 4.78 is 64.7. The molecule has 1 aromatic heterocycles. The molecule has 1 unspecified atom stereocenters. The number of carbonyl (C=O) groups is 3. The third-order valence-electron chi connectivity index (χ3n) is 7.18. The molecule has 58 heavy (non-hydrogen) atoms. The minimum atomic E-state index is -0.874. The van der Waals surface area contributed by atoms with E-state index >= 15 is 0 Å². The number of carbonyl (C=O) groups excluding carboxylic acids is 2. The van der Waals surface area contributed by atoms with Gasteiger partial charge in [-0.2, -0.15) is 0 Å². The number of carboxylic acids is 1. The fraction of sp³-hybridized carbons (Fsp3) is 0.795. The number of nitrogens with one attached hydrogen (secondary N) is 1. The number of rotatable bonds is 40. The Bertz CT molecular complexity index is 978. The average Bonchev–Trinajstić information content (AvgIpc) is 3.57.